The summed E-state index contributed by atoms with van der Waals surface area (Å²) in [6.45, 7) is 4.16. The minimum atomic E-state index is -0.757. The van der Waals surface area contributed by atoms with Crippen molar-refractivity contribution in [1.29, 1.82) is 0 Å². The zero-order valence-electron chi connectivity index (χ0n) is 10.5. The maximum Gasteiger partial charge on any atom is 0.323 e. The summed E-state index contributed by atoms with van der Waals surface area (Å²) < 4.78 is 4.72. The van der Waals surface area contributed by atoms with Gasteiger partial charge in [0.1, 0.15) is 6.04 Å². The summed E-state index contributed by atoms with van der Waals surface area (Å²) in [7, 11) is 0. The number of thioether (sulfide) groups is 1. The number of nitrogens with one attached hydrogen (secondary N) is 2. The fourth-order valence-corrected chi connectivity index (χ4v) is 1.73. The minimum Gasteiger partial charge on any atom is -0.465 e. The molecule has 0 aromatic rings. The summed E-state index contributed by atoms with van der Waals surface area (Å²) in [6, 6.07) is -1.29. The molecule has 0 aromatic heterocycles. The molecule has 0 saturated heterocycles. The number of carbonyl (C=O) groups excluding carboxylic acids is 3. The van der Waals surface area contributed by atoms with E-state index >= 15 is 0 Å². The fourth-order valence-electron chi connectivity index (χ4n) is 0.963. The first kappa shape index (κ1) is 16.7. The number of ether oxygens (including phenoxy) is 1. The van der Waals surface area contributed by atoms with Crippen LogP contribution in [-0.2, 0) is 14.3 Å². The van der Waals surface area contributed by atoms with E-state index in [1.54, 1.807) is 13.8 Å². The van der Waals surface area contributed by atoms with Crippen molar-refractivity contribution in [3.05, 3.63) is 0 Å². The first-order valence-corrected chi connectivity index (χ1v) is 6.74. The molecule has 0 radical (unpaired) electrons. The van der Waals surface area contributed by atoms with E-state index in [0.29, 0.717) is 6.54 Å². The van der Waals surface area contributed by atoms with Crippen LogP contribution in [0.2, 0.25) is 0 Å². The first-order valence-electron chi connectivity index (χ1n) is 5.58. The molecule has 0 heterocycles. The van der Waals surface area contributed by atoms with Crippen LogP contribution >= 0.6 is 11.8 Å². The molecule has 18 heavy (non-hydrogen) atoms. The Morgan fingerprint density at radius 3 is 2.56 bits per heavy atom. The number of esters is 1. The zero-order chi connectivity index (χ0) is 14.0. The highest BCUT2D eigenvalue weighted by atomic mass is 32.2. The zero-order valence-corrected chi connectivity index (χ0v) is 11.3. The van der Waals surface area contributed by atoms with Crippen molar-refractivity contribution in [3.63, 3.8) is 0 Å². The summed E-state index contributed by atoms with van der Waals surface area (Å²) in [5.41, 5.74) is 5.53. The Morgan fingerprint density at radius 1 is 1.33 bits per heavy atom. The van der Waals surface area contributed by atoms with E-state index in [2.05, 4.69) is 10.6 Å². The molecule has 0 aliphatic heterocycles. The van der Waals surface area contributed by atoms with Gasteiger partial charge in [-0.15, -0.1) is 11.8 Å². The van der Waals surface area contributed by atoms with Gasteiger partial charge in [-0.25, -0.2) is 4.79 Å². The third-order valence-electron chi connectivity index (χ3n) is 1.71. The van der Waals surface area contributed by atoms with E-state index in [1.165, 1.54) is 11.8 Å². The van der Waals surface area contributed by atoms with Gasteiger partial charge in [0.25, 0.3) is 0 Å². The molecule has 4 N–H and O–H groups in total. The lowest BCUT2D eigenvalue weighted by molar-refractivity contribution is -0.144. The van der Waals surface area contributed by atoms with Gasteiger partial charge in [-0.1, -0.05) is 0 Å². The number of hydrogen-bond donors (Lipinski definition) is 3. The van der Waals surface area contributed by atoms with Crippen molar-refractivity contribution < 1.29 is 19.1 Å². The molecule has 0 aromatic carbocycles. The van der Waals surface area contributed by atoms with Crippen LogP contribution < -0.4 is 16.4 Å². The standard InChI is InChI=1S/C10H19N3O4S/c1-3-12-10(16)13-8(14)6-18-5-7(11)9(15)17-4-2/h7H,3-6,11H2,1-2H3,(H2,12,13,14,16). The summed E-state index contributed by atoms with van der Waals surface area (Å²) in [5, 5.41) is 4.57. The molecule has 1 atom stereocenters. The van der Waals surface area contributed by atoms with Gasteiger partial charge in [-0.05, 0) is 13.8 Å². The third kappa shape index (κ3) is 7.91. The van der Waals surface area contributed by atoms with Crippen molar-refractivity contribution in [3.8, 4) is 0 Å². The van der Waals surface area contributed by atoms with Gasteiger partial charge in [0.05, 0.1) is 12.4 Å². The molecule has 0 saturated carbocycles. The van der Waals surface area contributed by atoms with Crippen LogP contribution in [-0.4, -0.2) is 48.6 Å². The van der Waals surface area contributed by atoms with Crippen molar-refractivity contribution in [2.75, 3.05) is 24.7 Å². The average Bonchev–Trinajstić information content (AvgIpc) is 2.29. The number of amides is 3. The molecule has 3 amide bonds. The normalized spacial score (nSPS) is 11.5. The van der Waals surface area contributed by atoms with Crippen LogP contribution in [0, 0.1) is 0 Å². The molecule has 7 nitrogen and oxygen atoms in total. The second-order valence-corrected chi connectivity index (χ2v) is 4.31. The maximum atomic E-state index is 11.3. The molecule has 8 heteroatoms. The lowest BCUT2D eigenvalue weighted by atomic mass is 10.4. The van der Waals surface area contributed by atoms with Gasteiger partial charge in [0.15, 0.2) is 0 Å². The molecule has 104 valence electrons. The predicted octanol–water partition coefficient (Wildman–Crippen LogP) is -0.544. The Labute approximate surface area is 110 Å². The molecule has 0 fully saturated rings. The number of hydrogen-bond acceptors (Lipinski definition) is 6. The van der Waals surface area contributed by atoms with Gasteiger partial charge >= 0.3 is 12.0 Å². The number of urea groups is 1. The lowest BCUT2D eigenvalue weighted by Gasteiger charge is -2.09. The lowest BCUT2D eigenvalue weighted by Crippen LogP contribution is -2.40. The highest BCUT2D eigenvalue weighted by molar-refractivity contribution is 8.00. The molecular weight excluding hydrogens is 258 g/mol. The number of carbonyl (C=O) groups is 3. The van der Waals surface area contributed by atoms with E-state index < -0.39 is 23.9 Å². The van der Waals surface area contributed by atoms with Crippen LogP contribution in [0.3, 0.4) is 0 Å². The average molecular weight is 277 g/mol. The fraction of sp³-hybridized carbons (Fsp3) is 0.700. The summed E-state index contributed by atoms with van der Waals surface area (Å²) in [6.07, 6.45) is 0. The summed E-state index contributed by atoms with van der Waals surface area (Å²) in [4.78, 5) is 33.4. The molecule has 0 rings (SSSR count). The number of rotatable bonds is 7. The van der Waals surface area contributed by atoms with Crippen LogP contribution in [0.5, 0.6) is 0 Å². The van der Waals surface area contributed by atoms with Gasteiger partial charge in [-0.2, -0.15) is 0 Å². The Balaban J connectivity index is 3.74. The largest absolute Gasteiger partial charge is 0.465 e. The molecule has 0 spiro atoms. The van der Waals surface area contributed by atoms with Crippen molar-refractivity contribution >= 4 is 29.7 Å². The minimum absolute atomic E-state index is 0.0598. The maximum absolute atomic E-state index is 11.3. The summed E-state index contributed by atoms with van der Waals surface area (Å²) in [5.74, 6) is -0.595. The number of nitrogens with two attached hydrogens (primary N) is 1. The quantitative estimate of drug-likeness (QED) is 0.539. The Bertz CT molecular complexity index is 299. The third-order valence-corrected chi connectivity index (χ3v) is 2.77. The molecule has 0 aliphatic carbocycles. The van der Waals surface area contributed by atoms with Gasteiger partial charge in [-0.3, -0.25) is 14.9 Å². The van der Waals surface area contributed by atoms with Crippen LogP contribution in [0.1, 0.15) is 13.8 Å². The smallest absolute Gasteiger partial charge is 0.323 e. The van der Waals surface area contributed by atoms with Gasteiger partial charge in [0.2, 0.25) is 5.91 Å². The van der Waals surface area contributed by atoms with Gasteiger partial charge < -0.3 is 15.8 Å². The Morgan fingerprint density at radius 2 is 2.00 bits per heavy atom. The highest BCUT2D eigenvalue weighted by Crippen LogP contribution is 2.02. The molecular formula is C10H19N3O4S. The van der Waals surface area contributed by atoms with E-state index in [1.807, 2.05) is 0 Å². The second kappa shape index (κ2) is 9.72. The number of imide groups is 1. The van der Waals surface area contributed by atoms with Crippen LogP contribution in [0.25, 0.3) is 0 Å². The summed E-state index contributed by atoms with van der Waals surface area (Å²) >= 11 is 1.17. The Hall–Kier alpha value is -1.28. The Kier molecular flexibility index (Phi) is 9.03. The first-order chi connectivity index (χ1) is 8.51. The van der Waals surface area contributed by atoms with Crippen molar-refractivity contribution in [1.82, 2.24) is 10.6 Å². The molecule has 1 unspecified atom stereocenters. The van der Waals surface area contributed by atoms with E-state index in [-0.39, 0.29) is 18.1 Å². The van der Waals surface area contributed by atoms with Gasteiger partial charge in [0, 0.05) is 12.3 Å². The van der Waals surface area contributed by atoms with Crippen LogP contribution in [0.4, 0.5) is 4.79 Å². The van der Waals surface area contributed by atoms with E-state index in [0.717, 1.165) is 0 Å². The second-order valence-electron chi connectivity index (χ2n) is 3.28. The van der Waals surface area contributed by atoms with Crippen molar-refractivity contribution in [2.45, 2.75) is 19.9 Å². The van der Waals surface area contributed by atoms with Crippen LogP contribution in [0.15, 0.2) is 0 Å². The van der Waals surface area contributed by atoms with E-state index in [4.69, 9.17) is 10.5 Å². The van der Waals surface area contributed by atoms with Crippen molar-refractivity contribution in [2.24, 2.45) is 5.73 Å². The highest BCUT2D eigenvalue weighted by Gasteiger charge is 2.15. The monoisotopic (exact) mass is 277 g/mol. The van der Waals surface area contributed by atoms with E-state index in [9.17, 15) is 14.4 Å². The SMILES string of the molecule is CCNC(=O)NC(=O)CSCC(N)C(=O)OCC. The predicted molar refractivity (Wildman–Crippen MR) is 69.1 cm³/mol. The molecule has 0 aliphatic rings. The topological polar surface area (TPSA) is 111 Å². The molecule has 0 bridgehead atoms.